The Labute approximate surface area is 168 Å². The second-order valence-electron chi connectivity index (χ2n) is 6.52. The van der Waals surface area contributed by atoms with Crippen LogP contribution < -0.4 is 10.1 Å². The lowest BCUT2D eigenvalue weighted by Gasteiger charge is -2.12. The third kappa shape index (κ3) is 4.84. The Bertz CT molecular complexity index is 1040. The van der Waals surface area contributed by atoms with Crippen molar-refractivity contribution in [2.24, 2.45) is 0 Å². The van der Waals surface area contributed by atoms with Crippen molar-refractivity contribution in [1.29, 1.82) is 0 Å². The van der Waals surface area contributed by atoms with Gasteiger partial charge in [0.15, 0.2) is 0 Å². The van der Waals surface area contributed by atoms with Gasteiger partial charge in [-0.1, -0.05) is 65.8 Å². The molecule has 2 N–H and O–H groups in total. The van der Waals surface area contributed by atoms with E-state index in [1.54, 1.807) is 4.68 Å². The van der Waals surface area contributed by atoms with Crippen molar-refractivity contribution >= 4 is 0 Å². The van der Waals surface area contributed by atoms with Crippen molar-refractivity contribution in [3.05, 3.63) is 96.1 Å². The fourth-order valence-electron chi connectivity index (χ4n) is 2.94. The van der Waals surface area contributed by atoms with E-state index >= 15 is 0 Å². The van der Waals surface area contributed by atoms with Gasteiger partial charge in [0.1, 0.15) is 5.75 Å². The van der Waals surface area contributed by atoms with E-state index in [1.165, 1.54) is 0 Å². The molecule has 0 fully saturated rings. The lowest BCUT2D eigenvalue weighted by Crippen LogP contribution is -2.21. The third-order valence-electron chi connectivity index (χ3n) is 4.40. The Hall–Kier alpha value is -3.55. The van der Waals surface area contributed by atoms with Gasteiger partial charge >= 0.3 is 6.01 Å². The van der Waals surface area contributed by atoms with Crippen molar-refractivity contribution in [2.45, 2.75) is 12.6 Å². The zero-order valence-electron chi connectivity index (χ0n) is 15.7. The minimum atomic E-state index is -0.550. The molecule has 0 radical (unpaired) electrons. The summed E-state index contributed by atoms with van der Waals surface area (Å²) in [6.07, 6.45) is -0.550. The van der Waals surface area contributed by atoms with Gasteiger partial charge in [0.25, 0.3) is 0 Å². The van der Waals surface area contributed by atoms with Crippen LogP contribution >= 0.6 is 0 Å². The van der Waals surface area contributed by atoms with E-state index in [-0.39, 0.29) is 0 Å². The summed E-state index contributed by atoms with van der Waals surface area (Å²) in [6, 6.07) is 27.1. The van der Waals surface area contributed by atoms with Crippen molar-refractivity contribution in [2.75, 3.05) is 6.54 Å². The predicted octanol–water partition coefficient (Wildman–Crippen LogP) is 3.28. The number of rotatable bonds is 8. The number of aliphatic hydroxyl groups is 1. The first-order valence-electron chi connectivity index (χ1n) is 9.34. The molecule has 0 bridgehead atoms. The van der Waals surface area contributed by atoms with Crippen molar-refractivity contribution in [3.8, 4) is 17.4 Å². The number of hydrogen-bond acceptors (Lipinski definition) is 6. The summed E-state index contributed by atoms with van der Waals surface area (Å²) >= 11 is 0. The first-order valence-corrected chi connectivity index (χ1v) is 9.34. The topological polar surface area (TPSA) is 85.1 Å². The van der Waals surface area contributed by atoms with Gasteiger partial charge in [-0.15, -0.1) is 0 Å². The average molecular weight is 387 g/mol. The van der Waals surface area contributed by atoms with E-state index in [4.69, 9.17) is 4.74 Å². The molecule has 3 aromatic carbocycles. The second-order valence-corrected chi connectivity index (χ2v) is 6.52. The summed E-state index contributed by atoms with van der Waals surface area (Å²) in [5, 5.41) is 25.2. The minimum Gasteiger partial charge on any atom is -0.423 e. The predicted molar refractivity (Wildman–Crippen MR) is 109 cm³/mol. The number of hydrogen-bond donors (Lipinski definition) is 2. The summed E-state index contributed by atoms with van der Waals surface area (Å²) in [4.78, 5) is 0. The number of tetrazole rings is 1. The van der Waals surface area contributed by atoms with Gasteiger partial charge in [-0.3, -0.25) is 0 Å². The average Bonchev–Trinajstić information content (AvgIpc) is 3.23. The summed E-state index contributed by atoms with van der Waals surface area (Å²) in [7, 11) is 0. The Kier molecular flexibility index (Phi) is 5.89. The molecule has 7 heteroatoms. The maximum atomic E-state index is 10.3. The molecule has 1 atom stereocenters. The number of nitrogens with one attached hydrogen (secondary N) is 1. The monoisotopic (exact) mass is 387 g/mol. The highest BCUT2D eigenvalue weighted by atomic mass is 16.5. The normalized spacial score (nSPS) is 11.9. The lowest BCUT2D eigenvalue weighted by atomic mass is 10.1. The highest BCUT2D eigenvalue weighted by Crippen LogP contribution is 2.22. The number of para-hydroxylation sites is 1. The van der Waals surface area contributed by atoms with Crippen LogP contribution in [0, 0.1) is 0 Å². The largest absolute Gasteiger partial charge is 0.423 e. The number of aromatic nitrogens is 4. The van der Waals surface area contributed by atoms with Gasteiger partial charge in [-0.05, 0) is 45.8 Å². The summed E-state index contributed by atoms with van der Waals surface area (Å²) in [5.74, 6) is 0.639. The molecule has 1 heterocycles. The third-order valence-corrected chi connectivity index (χ3v) is 4.40. The summed E-state index contributed by atoms with van der Waals surface area (Å²) in [5.41, 5.74) is 2.74. The molecule has 7 nitrogen and oxygen atoms in total. The molecular formula is C22H21N5O2. The fraction of sp³-hybridized carbons (Fsp3) is 0.136. The molecule has 146 valence electrons. The zero-order chi connectivity index (χ0) is 19.9. The summed E-state index contributed by atoms with van der Waals surface area (Å²) in [6.45, 7) is 1.06. The Morgan fingerprint density at radius 1 is 0.931 bits per heavy atom. The minimum absolute atomic E-state index is 0.292. The Balaban J connectivity index is 1.38. The Morgan fingerprint density at radius 3 is 2.48 bits per heavy atom. The second kappa shape index (κ2) is 9.09. The molecule has 0 spiro atoms. The maximum Gasteiger partial charge on any atom is 0.345 e. The van der Waals surface area contributed by atoms with Crippen molar-refractivity contribution < 1.29 is 9.84 Å². The molecule has 0 aliphatic carbocycles. The molecule has 0 amide bonds. The van der Waals surface area contributed by atoms with Crippen LogP contribution in [0.15, 0.2) is 84.9 Å². The highest BCUT2D eigenvalue weighted by Gasteiger charge is 2.11. The molecule has 4 rings (SSSR count). The molecule has 0 saturated heterocycles. The SMILES string of the molecule is O[C@@H](CNCc1cccc(Oc2nnnn2-c2ccccc2)c1)c1ccccc1. The van der Waals surface area contributed by atoms with Gasteiger partial charge in [0.05, 0.1) is 11.8 Å². The zero-order valence-corrected chi connectivity index (χ0v) is 15.7. The molecule has 0 saturated carbocycles. The maximum absolute atomic E-state index is 10.3. The van der Waals surface area contributed by atoms with Gasteiger partial charge in [-0.25, -0.2) is 0 Å². The van der Waals surface area contributed by atoms with Crippen LogP contribution in [0.3, 0.4) is 0 Å². The molecule has 4 aromatic rings. The fourth-order valence-corrected chi connectivity index (χ4v) is 2.94. The standard InChI is InChI=1S/C22H21N5O2/c28-21(18-9-3-1-4-10-18)16-23-15-17-8-7-13-20(14-17)29-22-24-25-26-27(22)19-11-5-2-6-12-19/h1-14,21,23,28H,15-16H2/t21-/m0/s1. The van der Waals surface area contributed by atoms with Gasteiger partial charge < -0.3 is 15.2 Å². The van der Waals surface area contributed by atoms with E-state index in [1.807, 2.05) is 84.9 Å². The van der Waals surface area contributed by atoms with E-state index < -0.39 is 6.10 Å². The van der Waals surface area contributed by atoms with Crippen LogP contribution in [0.4, 0.5) is 0 Å². The van der Waals surface area contributed by atoms with E-state index in [9.17, 15) is 5.11 Å². The van der Waals surface area contributed by atoms with E-state index in [0.717, 1.165) is 16.8 Å². The lowest BCUT2D eigenvalue weighted by molar-refractivity contribution is 0.174. The van der Waals surface area contributed by atoms with Gasteiger partial charge in [0.2, 0.25) is 0 Å². The van der Waals surface area contributed by atoms with Crippen molar-refractivity contribution in [1.82, 2.24) is 25.5 Å². The molecule has 1 aromatic heterocycles. The first kappa shape index (κ1) is 18.8. The number of nitrogens with zero attached hydrogens (tertiary/aromatic N) is 4. The van der Waals surface area contributed by atoms with Crippen LogP contribution in [0.5, 0.6) is 11.8 Å². The quantitative estimate of drug-likeness (QED) is 0.483. The number of benzene rings is 3. The van der Waals surface area contributed by atoms with Crippen LogP contribution in [0.1, 0.15) is 17.2 Å². The van der Waals surface area contributed by atoms with Gasteiger partial charge in [-0.2, -0.15) is 4.68 Å². The van der Waals surface area contributed by atoms with Crippen LogP contribution in [-0.2, 0) is 6.54 Å². The van der Waals surface area contributed by atoms with Crippen LogP contribution in [0.25, 0.3) is 5.69 Å². The molecular weight excluding hydrogens is 366 g/mol. The molecule has 0 aliphatic heterocycles. The van der Waals surface area contributed by atoms with E-state index in [2.05, 4.69) is 20.8 Å². The first-order chi connectivity index (χ1) is 14.3. The highest BCUT2D eigenvalue weighted by molar-refractivity contribution is 5.34. The van der Waals surface area contributed by atoms with Crippen LogP contribution in [-0.4, -0.2) is 31.9 Å². The van der Waals surface area contributed by atoms with Gasteiger partial charge in [0, 0.05) is 13.1 Å². The molecule has 0 aliphatic rings. The molecule has 0 unspecified atom stereocenters. The molecule has 29 heavy (non-hydrogen) atoms. The summed E-state index contributed by atoms with van der Waals surface area (Å²) < 4.78 is 7.43. The van der Waals surface area contributed by atoms with E-state index in [0.29, 0.717) is 24.8 Å². The smallest absolute Gasteiger partial charge is 0.345 e. The Morgan fingerprint density at radius 2 is 1.69 bits per heavy atom. The van der Waals surface area contributed by atoms with Crippen molar-refractivity contribution in [3.63, 3.8) is 0 Å². The number of aliphatic hydroxyl groups excluding tert-OH is 1. The van der Waals surface area contributed by atoms with Crippen LogP contribution in [0.2, 0.25) is 0 Å². The number of ether oxygens (including phenoxy) is 1.